The highest BCUT2D eigenvalue weighted by Gasteiger charge is 2.49. The normalized spacial score (nSPS) is 20.2. The summed E-state index contributed by atoms with van der Waals surface area (Å²) in [5.41, 5.74) is 0.476. The molecule has 115 heavy (non-hydrogen) atoms. The van der Waals surface area contributed by atoms with Crippen molar-refractivity contribution in [1.29, 1.82) is 0 Å². The van der Waals surface area contributed by atoms with Crippen molar-refractivity contribution in [2.24, 2.45) is 29.6 Å². The lowest BCUT2D eigenvalue weighted by atomic mass is 9.89. The van der Waals surface area contributed by atoms with E-state index in [4.69, 9.17) is 36.8 Å². The average molecular weight is 1630 g/mol. The fraction of sp³-hybridized carbons (Fsp3) is 0.590. The number of aliphatic hydroxyl groups is 3. The molecule has 3 aliphatic rings. The summed E-state index contributed by atoms with van der Waals surface area (Å²) >= 11 is 0. The molecule has 4 unspecified atom stereocenters. The maximum atomic E-state index is 14.9. The molecule has 1 aromatic heterocycles. The lowest BCUT2D eigenvalue weighted by molar-refractivity contribution is -0.271. The highest BCUT2D eigenvalue weighted by atomic mass is 32.3. The number of aliphatic carboxylic acids is 2. The second-order valence-corrected chi connectivity index (χ2v) is 31.8. The lowest BCUT2D eigenvalue weighted by Crippen LogP contribution is -2.61. The monoisotopic (exact) mass is 1630 g/mol. The molecule has 2 saturated heterocycles. The van der Waals surface area contributed by atoms with E-state index in [0.29, 0.717) is 56.7 Å². The van der Waals surface area contributed by atoms with Crippen molar-refractivity contribution in [1.82, 2.24) is 55.4 Å². The third kappa shape index (κ3) is 25.4. The number of hydrogen-bond donors (Lipinski definition) is 8. The maximum absolute atomic E-state index is 14.9. The average Bonchev–Trinajstić information content (AvgIpc) is 1.77. The number of likely N-dealkylation sites (tertiary alicyclic amines) is 1. The molecule has 0 bridgehead atoms. The van der Waals surface area contributed by atoms with Crippen molar-refractivity contribution in [3.05, 3.63) is 114 Å². The van der Waals surface area contributed by atoms with Crippen molar-refractivity contribution in [2.45, 2.75) is 200 Å². The highest BCUT2D eigenvalue weighted by Crippen LogP contribution is 2.36. The van der Waals surface area contributed by atoms with Crippen molar-refractivity contribution in [2.75, 3.05) is 68.1 Å². The molecular formula is C78H111N11O25S. The molecule has 4 heterocycles. The minimum Gasteiger partial charge on any atom is -0.480 e. The van der Waals surface area contributed by atoms with E-state index in [1.54, 1.807) is 102 Å². The molecule has 8 N–H and O–H groups in total. The smallest absolute Gasteiger partial charge is 0.480 e. The highest BCUT2D eigenvalue weighted by molar-refractivity contribution is 7.82. The Labute approximate surface area is 669 Å². The Balaban J connectivity index is 0.953. The Kier molecular flexibility index (Phi) is 33.5. The topological polar surface area (TPSA) is 463 Å². The number of carbonyl (C=O) groups is 10. The predicted molar refractivity (Wildman–Crippen MR) is 411 cm³/mol. The zero-order chi connectivity index (χ0) is 85.1. The summed E-state index contributed by atoms with van der Waals surface area (Å²) in [4.78, 5) is 141. The molecule has 0 spiro atoms. The number of carboxylic acids is 2. The Hall–Kier alpha value is -9.73. The van der Waals surface area contributed by atoms with Crippen LogP contribution in [0.4, 0.5) is 4.79 Å². The quantitative estimate of drug-likeness (QED) is 0.0295. The van der Waals surface area contributed by atoms with Crippen LogP contribution in [-0.2, 0) is 98.6 Å². The number of carbonyl (C=O) groups excluding carboxylic acids is 8. The van der Waals surface area contributed by atoms with Gasteiger partial charge in [-0.15, -0.1) is 13.5 Å². The molecule has 0 saturated carbocycles. The number of carboxylic acid groups (broad SMARTS) is 2. The molecule has 0 radical (unpaired) electrons. The van der Waals surface area contributed by atoms with E-state index >= 15 is 0 Å². The maximum Gasteiger partial charge on any atom is 0.501 e. The molecule has 37 heteroatoms. The van der Waals surface area contributed by atoms with Gasteiger partial charge in [0.2, 0.25) is 29.9 Å². The van der Waals surface area contributed by atoms with E-state index in [9.17, 15) is 81.9 Å². The Morgan fingerprint density at radius 1 is 0.783 bits per heavy atom. The van der Waals surface area contributed by atoms with Gasteiger partial charge in [0.15, 0.2) is 17.6 Å². The number of aliphatic hydroxyl groups excluding tert-OH is 3. The zero-order valence-corrected chi connectivity index (χ0v) is 68.4. The molecular weight excluding hydrogens is 1520 g/mol. The first-order valence-electron chi connectivity index (χ1n) is 38.1. The number of imide groups is 1. The van der Waals surface area contributed by atoms with Gasteiger partial charge >= 0.3 is 28.4 Å². The van der Waals surface area contributed by atoms with Crippen molar-refractivity contribution in [3.8, 4) is 17.2 Å². The fourth-order valence-corrected chi connectivity index (χ4v) is 14.6. The Bertz CT molecular complexity index is 4130. The Morgan fingerprint density at radius 2 is 1.45 bits per heavy atom. The van der Waals surface area contributed by atoms with Crippen LogP contribution in [0.3, 0.4) is 0 Å². The number of rotatable bonds is 43. The van der Waals surface area contributed by atoms with Gasteiger partial charge in [0, 0.05) is 97.9 Å². The van der Waals surface area contributed by atoms with Gasteiger partial charge in [-0.3, -0.25) is 52.9 Å². The van der Waals surface area contributed by atoms with E-state index < -0.39 is 167 Å². The number of amides is 8. The summed E-state index contributed by atoms with van der Waals surface area (Å²) in [5, 5.41) is 68.2. The van der Waals surface area contributed by atoms with Crippen LogP contribution in [0.1, 0.15) is 122 Å². The second kappa shape index (κ2) is 41.7. The number of aromatic nitrogens is 3. The van der Waals surface area contributed by atoms with E-state index in [1.165, 1.54) is 68.7 Å². The molecule has 7 rings (SSSR count). The predicted octanol–water partition coefficient (Wildman–Crippen LogP) is 2.94. The molecule has 3 aromatic carbocycles. The number of likely N-dealkylation sites (N-methyl/N-ethyl adjacent to an activating group) is 3. The molecule has 36 nitrogen and oxygen atoms in total. The van der Waals surface area contributed by atoms with Gasteiger partial charge in [0.1, 0.15) is 48.8 Å². The van der Waals surface area contributed by atoms with Crippen LogP contribution in [0, 0.1) is 29.6 Å². The summed E-state index contributed by atoms with van der Waals surface area (Å²) in [6.45, 7) is 19.2. The van der Waals surface area contributed by atoms with Gasteiger partial charge in [-0.25, -0.2) is 14.4 Å². The first-order chi connectivity index (χ1) is 54.2. The molecule has 634 valence electrons. The minimum absolute atomic E-state index is 0.0545. The van der Waals surface area contributed by atoms with Gasteiger partial charge in [-0.05, 0) is 98.9 Å². The largest absolute Gasteiger partial charge is 0.501 e. The molecule has 15 atom stereocenters. The lowest BCUT2D eigenvalue weighted by Gasteiger charge is -2.41. The number of nitrogens with one attached hydrogen (secondary N) is 3. The number of nitrogens with zero attached hydrogens (tertiary/aromatic N) is 8. The van der Waals surface area contributed by atoms with E-state index in [-0.39, 0.29) is 73.4 Å². The van der Waals surface area contributed by atoms with Crippen molar-refractivity contribution < 1.29 is 119 Å². The van der Waals surface area contributed by atoms with Gasteiger partial charge in [0.25, 0.3) is 17.7 Å². The third-order valence-corrected chi connectivity index (χ3v) is 21.3. The van der Waals surface area contributed by atoms with E-state index in [0.717, 1.165) is 27.5 Å². The minimum atomic E-state index is -5.23. The van der Waals surface area contributed by atoms with Gasteiger partial charge in [-0.1, -0.05) is 109 Å². The Morgan fingerprint density at radius 3 is 2.06 bits per heavy atom. The number of benzene rings is 3. The van der Waals surface area contributed by atoms with Crippen LogP contribution in [0.2, 0.25) is 0 Å². The van der Waals surface area contributed by atoms with Gasteiger partial charge in [0.05, 0.1) is 54.5 Å². The summed E-state index contributed by atoms with van der Waals surface area (Å²) in [7, 11) is 2.40. The van der Waals surface area contributed by atoms with Gasteiger partial charge < -0.3 is 88.1 Å². The molecule has 4 aromatic rings. The van der Waals surface area contributed by atoms with Crippen LogP contribution in [0.5, 0.6) is 17.2 Å². The molecule has 0 aliphatic carbocycles. The third-order valence-electron chi connectivity index (χ3n) is 20.5. The summed E-state index contributed by atoms with van der Waals surface area (Å²) in [6.07, 6.45) is -7.39. The van der Waals surface area contributed by atoms with Crippen LogP contribution < -0.4 is 29.1 Å². The standard InChI is InChI=1S/C78H111N11O25S/c1-16-47(7)64(58(107-14)37-61(92)88-32-20-23-55(88)68(108-15)48(8)70(96)80-54(74(100)101)35-49-21-18-17-19-22-49)85(12)73(99)62(44(2)3)81-72(98)63(45(4)5)86(13)77(104)109-42-50-24-27-53(28-25-50)113-115(105,106)114-57-36-51(26-29-56(57)111-76-67(95)65(93)66(94)69(112-76)75(102)103)71(97)79-43-78(9,10)110-41-46(6)38-87-40-52(82-83-87)39-84(11)33-34-89-59(90)30-31-60(89)91/h17-19,21-22,24-31,36,40,44-48,54-55,58,62-69,76,93-95H,16,20,23,32-35,37-39,41-43H2,1-15H3,(H,79,97)(H,80,96)(H,81,98)(H,100,101)(H,102,103)/t46?,47?,48-,54?,55+,58-,62+,63+,64+,65+,66+,67-,68-,69+,76?/m1/s1. The van der Waals surface area contributed by atoms with E-state index in [2.05, 4.69) is 26.3 Å². The molecule has 2 fully saturated rings. The van der Waals surface area contributed by atoms with Crippen molar-refractivity contribution in [3.63, 3.8) is 0 Å². The summed E-state index contributed by atoms with van der Waals surface area (Å²) in [6, 6.07) is 12.3. The zero-order valence-electron chi connectivity index (χ0n) is 67.6. The fourth-order valence-electron chi connectivity index (χ4n) is 13.9. The molecule has 3 aliphatic heterocycles. The van der Waals surface area contributed by atoms with Gasteiger partial charge in [-0.2, -0.15) is 0 Å². The molecule has 8 amide bonds. The summed E-state index contributed by atoms with van der Waals surface area (Å²) < 4.78 is 74.7. The number of hydrogen-bond acceptors (Lipinski definition) is 26. The van der Waals surface area contributed by atoms with Crippen LogP contribution >= 0.6 is 0 Å². The van der Waals surface area contributed by atoms with Crippen LogP contribution in [0.15, 0.2) is 91.1 Å². The number of ether oxygens (including phenoxy) is 6. The van der Waals surface area contributed by atoms with E-state index in [1.807, 2.05) is 32.7 Å². The number of methoxy groups -OCH3 is 2. The first kappa shape index (κ1) is 92.4. The summed E-state index contributed by atoms with van der Waals surface area (Å²) in [5.74, 6) is -10.5. The van der Waals surface area contributed by atoms with Crippen LogP contribution in [-0.4, -0.2) is 280 Å². The second-order valence-electron chi connectivity index (χ2n) is 30.7. The first-order valence-corrected chi connectivity index (χ1v) is 39.4. The SMILES string of the molecule is CCC(C)[C@@H]([C@@H](CC(=O)N1CCC[C@H]1[C@H](OC)[C@@H](C)C(=O)NC(Cc1ccccc1)C(=O)O)OC)N(C)C(=O)[C@@H](NC(=O)[C@H](C(C)C)N(C)C(=O)OCc1ccc(OS(=O)(=O)Oc2cc(C(=O)NCC(C)(C)OCC(C)Cn3cc(CN(C)CCN4C(=O)C=CC4=O)nn3)ccc2OC2O[C@H](C(=O)O)[C@@H](O)[C@H](O)[C@H]2O)cc1)C(C)C. The van der Waals surface area contributed by atoms with Crippen molar-refractivity contribution >= 4 is 69.8 Å². The van der Waals surface area contributed by atoms with Crippen LogP contribution in [0.25, 0.3) is 0 Å².